The first-order valence-corrected chi connectivity index (χ1v) is 8.23. The average Bonchev–Trinajstić information content (AvgIpc) is 2.56. The average molecular weight is 287 g/mol. The van der Waals surface area contributed by atoms with Crippen molar-refractivity contribution >= 4 is 5.78 Å². The molecule has 1 saturated heterocycles. The summed E-state index contributed by atoms with van der Waals surface area (Å²) in [6, 6.07) is 10.6. The molecule has 0 radical (unpaired) electrons. The molecular formula is C18H25NO2. The van der Waals surface area contributed by atoms with Gasteiger partial charge in [-0.05, 0) is 50.3 Å². The van der Waals surface area contributed by atoms with E-state index < -0.39 is 0 Å². The zero-order valence-electron chi connectivity index (χ0n) is 12.6. The molecule has 1 aromatic carbocycles. The van der Waals surface area contributed by atoms with Crippen molar-refractivity contribution in [3.63, 3.8) is 0 Å². The molecule has 1 saturated carbocycles. The molecule has 114 valence electrons. The molecule has 3 nitrogen and oxygen atoms in total. The van der Waals surface area contributed by atoms with E-state index in [0.29, 0.717) is 17.7 Å². The number of carbonyl (C=O) groups is 1. The van der Waals surface area contributed by atoms with Gasteiger partial charge < -0.3 is 10.0 Å². The van der Waals surface area contributed by atoms with Crippen LogP contribution in [-0.2, 0) is 4.79 Å². The van der Waals surface area contributed by atoms with Gasteiger partial charge in [-0.1, -0.05) is 30.3 Å². The quantitative estimate of drug-likeness (QED) is 0.929. The number of ketones is 1. The number of hydrogen-bond acceptors (Lipinski definition) is 3. The second-order valence-corrected chi connectivity index (χ2v) is 6.50. The first kappa shape index (κ1) is 14.7. The Morgan fingerprint density at radius 1 is 1.00 bits per heavy atom. The van der Waals surface area contributed by atoms with Gasteiger partial charge in [-0.15, -0.1) is 0 Å². The zero-order valence-corrected chi connectivity index (χ0v) is 12.6. The van der Waals surface area contributed by atoms with Crippen molar-refractivity contribution in [2.24, 2.45) is 5.92 Å². The number of carbonyl (C=O) groups excluding carboxylic acids is 1. The number of aliphatic hydroxyl groups excluding tert-OH is 1. The molecule has 3 heteroatoms. The molecule has 0 amide bonds. The van der Waals surface area contributed by atoms with Crippen LogP contribution in [0, 0.1) is 5.92 Å². The highest BCUT2D eigenvalue weighted by atomic mass is 16.3. The van der Waals surface area contributed by atoms with Gasteiger partial charge in [0.05, 0.1) is 6.10 Å². The predicted octanol–water partition coefficient (Wildman–Crippen LogP) is 2.94. The molecule has 21 heavy (non-hydrogen) atoms. The summed E-state index contributed by atoms with van der Waals surface area (Å²) < 4.78 is 0. The van der Waals surface area contributed by atoms with Crippen molar-refractivity contribution in [3.05, 3.63) is 35.9 Å². The number of Topliss-reactive ketones (excluding diaryl/α,β-unsaturated/α-hetero) is 1. The fourth-order valence-corrected chi connectivity index (χ4v) is 3.81. The Labute approximate surface area is 127 Å². The van der Waals surface area contributed by atoms with Crippen molar-refractivity contribution < 1.29 is 9.90 Å². The monoisotopic (exact) mass is 287 g/mol. The van der Waals surface area contributed by atoms with Gasteiger partial charge in [0.1, 0.15) is 5.78 Å². The van der Waals surface area contributed by atoms with Crippen LogP contribution in [0.5, 0.6) is 0 Å². The summed E-state index contributed by atoms with van der Waals surface area (Å²) >= 11 is 0. The Morgan fingerprint density at radius 2 is 1.62 bits per heavy atom. The SMILES string of the molecule is O=C1CCC(N2CCC(C(O)c3ccccc3)CC2)CC1. The molecule has 1 aromatic rings. The van der Waals surface area contributed by atoms with Crippen LogP contribution in [0.3, 0.4) is 0 Å². The van der Waals surface area contributed by atoms with Crippen molar-refractivity contribution in [1.29, 1.82) is 0 Å². The minimum atomic E-state index is -0.332. The topological polar surface area (TPSA) is 40.5 Å². The first-order chi connectivity index (χ1) is 10.2. The van der Waals surface area contributed by atoms with Crippen molar-refractivity contribution in [1.82, 2.24) is 4.90 Å². The minimum Gasteiger partial charge on any atom is -0.388 e. The van der Waals surface area contributed by atoms with Crippen molar-refractivity contribution in [2.75, 3.05) is 13.1 Å². The molecular weight excluding hydrogens is 262 g/mol. The number of benzene rings is 1. The molecule has 1 atom stereocenters. The fourth-order valence-electron chi connectivity index (χ4n) is 3.81. The lowest BCUT2D eigenvalue weighted by Crippen LogP contribution is -2.44. The van der Waals surface area contributed by atoms with Gasteiger partial charge in [-0.3, -0.25) is 4.79 Å². The lowest BCUT2D eigenvalue weighted by molar-refractivity contribution is -0.121. The Bertz CT molecular complexity index is 455. The van der Waals surface area contributed by atoms with Gasteiger partial charge in [0, 0.05) is 18.9 Å². The van der Waals surface area contributed by atoms with Crippen LogP contribution in [0.25, 0.3) is 0 Å². The van der Waals surface area contributed by atoms with Gasteiger partial charge >= 0.3 is 0 Å². The Kier molecular flexibility index (Phi) is 4.71. The van der Waals surface area contributed by atoms with Gasteiger partial charge in [0.25, 0.3) is 0 Å². The summed E-state index contributed by atoms with van der Waals surface area (Å²) in [5.74, 6) is 0.800. The molecule has 1 N–H and O–H groups in total. The minimum absolute atomic E-state index is 0.332. The molecule has 0 bridgehead atoms. The van der Waals surface area contributed by atoms with Gasteiger partial charge in [-0.2, -0.15) is 0 Å². The van der Waals surface area contributed by atoms with Gasteiger partial charge in [-0.25, -0.2) is 0 Å². The molecule has 1 aliphatic carbocycles. The highest BCUT2D eigenvalue weighted by Gasteiger charge is 2.30. The normalized spacial score (nSPS) is 24.1. The number of hydrogen-bond donors (Lipinski definition) is 1. The molecule has 2 aliphatic rings. The lowest BCUT2D eigenvalue weighted by Gasteiger charge is -2.40. The van der Waals surface area contributed by atoms with Crippen molar-refractivity contribution in [2.45, 2.75) is 50.7 Å². The molecule has 0 spiro atoms. The van der Waals surface area contributed by atoms with Gasteiger partial charge in [0.2, 0.25) is 0 Å². The molecule has 2 fully saturated rings. The maximum atomic E-state index is 11.3. The summed E-state index contributed by atoms with van der Waals surface area (Å²) in [4.78, 5) is 13.9. The second kappa shape index (κ2) is 6.71. The van der Waals surface area contributed by atoms with Crippen LogP contribution in [-0.4, -0.2) is 34.9 Å². The van der Waals surface area contributed by atoms with Crippen LogP contribution < -0.4 is 0 Å². The Balaban J connectivity index is 1.52. The van der Waals surface area contributed by atoms with E-state index in [4.69, 9.17) is 0 Å². The van der Waals surface area contributed by atoms with Crippen LogP contribution >= 0.6 is 0 Å². The van der Waals surface area contributed by atoms with E-state index in [1.54, 1.807) is 0 Å². The maximum Gasteiger partial charge on any atom is 0.133 e. The molecule has 1 aliphatic heterocycles. The van der Waals surface area contributed by atoms with Crippen LogP contribution in [0.4, 0.5) is 0 Å². The fraction of sp³-hybridized carbons (Fsp3) is 0.611. The largest absolute Gasteiger partial charge is 0.388 e. The van der Waals surface area contributed by atoms with E-state index in [2.05, 4.69) is 4.90 Å². The zero-order chi connectivity index (χ0) is 14.7. The second-order valence-electron chi connectivity index (χ2n) is 6.50. The van der Waals surface area contributed by atoms with Crippen molar-refractivity contribution in [3.8, 4) is 0 Å². The maximum absolute atomic E-state index is 11.3. The number of nitrogens with zero attached hydrogens (tertiary/aromatic N) is 1. The van der Waals surface area contributed by atoms with Crippen LogP contribution in [0.15, 0.2) is 30.3 Å². The third kappa shape index (κ3) is 3.53. The molecule has 3 rings (SSSR count). The standard InChI is InChI=1S/C18H25NO2/c20-17-8-6-16(7-9-17)19-12-10-15(11-13-19)18(21)14-4-2-1-3-5-14/h1-5,15-16,18,21H,6-13H2. The number of aliphatic hydroxyl groups is 1. The van der Waals surface area contributed by atoms with E-state index >= 15 is 0 Å². The Morgan fingerprint density at radius 3 is 2.24 bits per heavy atom. The molecule has 0 aromatic heterocycles. The van der Waals surface area contributed by atoms with Crippen LogP contribution in [0.2, 0.25) is 0 Å². The van der Waals surface area contributed by atoms with E-state index in [-0.39, 0.29) is 6.10 Å². The van der Waals surface area contributed by atoms with E-state index in [9.17, 15) is 9.90 Å². The lowest BCUT2D eigenvalue weighted by atomic mass is 9.85. The summed E-state index contributed by atoms with van der Waals surface area (Å²) in [7, 11) is 0. The van der Waals surface area contributed by atoms with E-state index in [1.807, 2.05) is 30.3 Å². The van der Waals surface area contributed by atoms with Gasteiger partial charge in [0.15, 0.2) is 0 Å². The third-order valence-corrected chi connectivity index (χ3v) is 5.19. The highest BCUT2D eigenvalue weighted by molar-refractivity contribution is 5.79. The predicted molar refractivity (Wildman–Crippen MR) is 83.0 cm³/mol. The summed E-state index contributed by atoms with van der Waals surface area (Å²) in [6.45, 7) is 2.13. The molecule has 1 unspecified atom stereocenters. The summed E-state index contributed by atoms with van der Waals surface area (Å²) in [5.41, 5.74) is 1.04. The number of likely N-dealkylation sites (tertiary alicyclic amines) is 1. The Hall–Kier alpha value is -1.19. The summed E-state index contributed by atoms with van der Waals surface area (Å²) in [5, 5.41) is 10.5. The van der Waals surface area contributed by atoms with E-state index in [1.165, 1.54) is 0 Å². The number of rotatable bonds is 3. The van der Waals surface area contributed by atoms with Crippen LogP contribution in [0.1, 0.15) is 50.2 Å². The molecule has 1 heterocycles. The first-order valence-electron chi connectivity index (χ1n) is 8.23. The third-order valence-electron chi connectivity index (χ3n) is 5.19. The number of piperidine rings is 1. The smallest absolute Gasteiger partial charge is 0.133 e. The van der Waals surface area contributed by atoms with E-state index in [0.717, 1.165) is 57.2 Å². The summed E-state index contributed by atoms with van der Waals surface area (Å²) in [6.07, 6.45) is 5.37. The highest BCUT2D eigenvalue weighted by Crippen LogP contribution is 2.32.